The number of hydrogen-bond acceptors (Lipinski definition) is 4. The standard InChI is InChI=1S/C15H17N3O.C2H6/c1-4-18(5-2)15-14-13(16-10(3)17-15)11-8-6-7-9-12(11)19-14;1-2/h6-9H,4-5H2,1-3H3;1-2H3. The Labute approximate surface area is 125 Å². The van der Waals surface area contributed by atoms with E-state index >= 15 is 0 Å². The summed E-state index contributed by atoms with van der Waals surface area (Å²) in [6.45, 7) is 12.0. The number of hydrogen-bond donors (Lipinski definition) is 0. The first-order valence-electron chi connectivity index (χ1n) is 7.65. The molecule has 0 aliphatic carbocycles. The third-order valence-corrected chi connectivity index (χ3v) is 3.38. The highest BCUT2D eigenvalue weighted by Gasteiger charge is 2.17. The van der Waals surface area contributed by atoms with Crippen molar-refractivity contribution in [3.63, 3.8) is 0 Å². The molecule has 1 aromatic carbocycles. The van der Waals surface area contributed by atoms with Crippen LogP contribution < -0.4 is 4.90 Å². The quantitative estimate of drug-likeness (QED) is 0.707. The predicted molar refractivity (Wildman–Crippen MR) is 89.0 cm³/mol. The van der Waals surface area contributed by atoms with Crippen LogP contribution in [-0.4, -0.2) is 23.1 Å². The molecule has 0 atom stereocenters. The number of nitrogens with zero attached hydrogens (tertiary/aromatic N) is 3. The van der Waals surface area contributed by atoms with Crippen LogP contribution in [0.1, 0.15) is 33.5 Å². The number of fused-ring (bicyclic) bond motifs is 3. The zero-order chi connectivity index (χ0) is 15.4. The Morgan fingerprint density at radius 3 is 2.38 bits per heavy atom. The maximum absolute atomic E-state index is 5.96. The smallest absolute Gasteiger partial charge is 0.196 e. The summed E-state index contributed by atoms with van der Waals surface area (Å²) >= 11 is 0. The maximum Gasteiger partial charge on any atom is 0.196 e. The number of para-hydroxylation sites is 1. The number of anilines is 1. The first kappa shape index (κ1) is 15.3. The van der Waals surface area contributed by atoms with E-state index in [-0.39, 0.29) is 0 Å². The normalized spacial score (nSPS) is 10.5. The number of benzene rings is 1. The molecule has 112 valence electrons. The summed E-state index contributed by atoms with van der Waals surface area (Å²) in [5.41, 5.74) is 2.56. The third kappa shape index (κ3) is 2.71. The van der Waals surface area contributed by atoms with Crippen molar-refractivity contribution in [3.05, 3.63) is 30.1 Å². The highest BCUT2D eigenvalue weighted by molar-refractivity contribution is 6.05. The molecule has 3 rings (SSSR count). The average Bonchev–Trinajstić information content (AvgIpc) is 2.89. The monoisotopic (exact) mass is 285 g/mol. The van der Waals surface area contributed by atoms with Crippen LogP contribution in [0, 0.1) is 6.92 Å². The topological polar surface area (TPSA) is 42.2 Å². The van der Waals surface area contributed by atoms with E-state index in [0.29, 0.717) is 0 Å². The van der Waals surface area contributed by atoms with Crippen LogP contribution >= 0.6 is 0 Å². The molecule has 0 N–H and O–H groups in total. The van der Waals surface area contributed by atoms with Crippen molar-refractivity contribution in [1.82, 2.24) is 9.97 Å². The largest absolute Gasteiger partial charge is 0.450 e. The number of aromatic nitrogens is 2. The second-order valence-electron chi connectivity index (χ2n) is 4.54. The van der Waals surface area contributed by atoms with Crippen molar-refractivity contribution in [2.75, 3.05) is 18.0 Å². The van der Waals surface area contributed by atoms with Gasteiger partial charge >= 0.3 is 0 Å². The van der Waals surface area contributed by atoms with E-state index in [2.05, 4.69) is 28.7 Å². The van der Waals surface area contributed by atoms with Crippen LogP contribution in [0.25, 0.3) is 22.1 Å². The van der Waals surface area contributed by atoms with Gasteiger partial charge in [-0.2, -0.15) is 0 Å². The zero-order valence-electron chi connectivity index (χ0n) is 13.5. The highest BCUT2D eigenvalue weighted by Crippen LogP contribution is 2.32. The molecular formula is C17H23N3O. The van der Waals surface area contributed by atoms with Crippen LogP contribution in [0.2, 0.25) is 0 Å². The highest BCUT2D eigenvalue weighted by atomic mass is 16.3. The van der Waals surface area contributed by atoms with Crippen LogP contribution in [0.4, 0.5) is 5.82 Å². The molecule has 2 aromatic heterocycles. The van der Waals surface area contributed by atoms with Crippen molar-refractivity contribution in [2.24, 2.45) is 0 Å². The minimum absolute atomic E-state index is 0.779. The molecule has 0 radical (unpaired) electrons. The number of aryl methyl sites for hydroxylation is 1. The lowest BCUT2D eigenvalue weighted by molar-refractivity contribution is 0.660. The molecule has 21 heavy (non-hydrogen) atoms. The zero-order valence-corrected chi connectivity index (χ0v) is 13.5. The first-order chi connectivity index (χ1) is 10.2. The Hall–Kier alpha value is -2.10. The molecule has 4 heteroatoms. The van der Waals surface area contributed by atoms with Gasteiger partial charge in [-0.05, 0) is 32.9 Å². The second-order valence-corrected chi connectivity index (χ2v) is 4.54. The molecule has 0 saturated heterocycles. The minimum Gasteiger partial charge on any atom is -0.450 e. The van der Waals surface area contributed by atoms with E-state index in [0.717, 1.165) is 46.8 Å². The summed E-state index contributed by atoms with van der Waals surface area (Å²) in [4.78, 5) is 11.3. The number of furan rings is 1. The Morgan fingerprint density at radius 2 is 1.71 bits per heavy atom. The molecule has 2 heterocycles. The van der Waals surface area contributed by atoms with Gasteiger partial charge in [0.05, 0.1) is 0 Å². The maximum atomic E-state index is 5.96. The van der Waals surface area contributed by atoms with Gasteiger partial charge in [0, 0.05) is 18.5 Å². The summed E-state index contributed by atoms with van der Waals surface area (Å²) in [7, 11) is 0. The van der Waals surface area contributed by atoms with Gasteiger partial charge < -0.3 is 9.32 Å². The SMILES string of the molecule is CC.CCN(CC)c1nc(C)nc2c1oc1ccccc12. The van der Waals surface area contributed by atoms with Crippen molar-refractivity contribution in [2.45, 2.75) is 34.6 Å². The molecule has 0 saturated carbocycles. The van der Waals surface area contributed by atoms with Crippen molar-refractivity contribution >= 4 is 27.9 Å². The van der Waals surface area contributed by atoms with E-state index in [1.165, 1.54) is 0 Å². The van der Waals surface area contributed by atoms with Crippen LogP contribution in [0.5, 0.6) is 0 Å². The second kappa shape index (κ2) is 6.57. The molecule has 0 spiro atoms. The summed E-state index contributed by atoms with van der Waals surface area (Å²) in [6, 6.07) is 7.99. The molecule has 3 aromatic rings. The van der Waals surface area contributed by atoms with E-state index in [1.807, 2.05) is 45.0 Å². The van der Waals surface area contributed by atoms with Gasteiger partial charge in [0.15, 0.2) is 11.4 Å². The van der Waals surface area contributed by atoms with Crippen molar-refractivity contribution in [3.8, 4) is 0 Å². The number of rotatable bonds is 3. The first-order valence-corrected chi connectivity index (χ1v) is 7.65. The Bertz CT molecular complexity index is 729. The van der Waals surface area contributed by atoms with Crippen molar-refractivity contribution in [1.29, 1.82) is 0 Å². The van der Waals surface area contributed by atoms with Crippen molar-refractivity contribution < 1.29 is 4.42 Å². The molecule has 0 aliphatic heterocycles. The Morgan fingerprint density at radius 1 is 1.05 bits per heavy atom. The lowest BCUT2D eigenvalue weighted by atomic mass is 10.2. The predicted octanol–water partition coefficient (Wildman–Crippen LogP) is 4.56. The molecule has 0 amide bonds. The van der Waals surface area contributed by atoms with E-state index in [9.17, 15) is 0 Å². The van der Waals surface area contributed by atoms with Gasteiger partial charge in [-0.1, -0.05) is 26.0 Å². The molecular weight excluding hydrogens is 262 g/mol. The van der Waals surface area contributed by atoms with Gasteiger partial charge in [-0.15, -0.1) is 0 Å². The summed E-state index contributed by atoms with van der Waals surface area (Å²) in [5.74, 6) is 1.67. The van der Waals surface area contributed by atoms with Crippen LogP contribution in [0.3, 0.4) is 0 Å². The van der Waals surface area contributed by atoms with E-state index in [1.54, 1.807) is 0 Å². The third-order valence-electron chi connectivity index (χ3n) is 3.38. The molecule has 0 unspecified atom stereocenters. The molecule has 0 aliphatic rings. The van der Waals surface area contributed by atoms with E-state index < -0.39 is 0 Å². The summed E-state index contributed by atoms with van der Waals surface area (Å²) in [6.07, 6.45) is 0. The lowest BCUT2D eigenvalue weighted by Crippen LogP contribution is -2.23. The van der Waals surface area contributed by atoms with Crippen LogP contribution in [0.15, 0.2) is 28.7 Å². The van der Waals surface area contributed by atoms with Gasteiger partial charge in [0.1, 0.15) is 16.9 Å². The Kier molecular flexibility index (Phi) is 4.78. The average molecular weight is 285 g/mol. The summed E-state index contributed by atoms with van der Waals surface area (Å²) in [5, 5.41) is 1.05. The molecule has 0 fully saturated rings. The fourth-order valence-electron chi connectivity index (χ4n) is 2.42. The minimum atomic E-state index is 0.779. The molecule has 0 bridgehead atoms. The lowest BCUT2D eigenvalue weighted by Gasteiger charge is -2.19. The summed E-state index contributed by atoms with van der Waals surface area (Å²) < 4.78 is 5.96. The van der Waals surface area contributed by atoms with Gasteiger partial charge in [0.2, 0.25) is 0 Å². The fraction of sp³-hybridized carbons (Fsp3) is 0.412. The van der Waals surface area contributed by atoms with Gasteiger partial charge in [-0.25, -0.2) is 9.97 Å². The van der Waals surface area contributed by atoms with Gasteiger partial charge in [0.25, 0.3) is 0 Å². The fourth-order valence-corrected chi connectivity index (χ4v) is 2.42. The van der Waals surface area contributed by atoms with E-state index in [4.69, 9.17) is 4.42 Å². The van der Waals surface area contributed by atoms with Crippen LogP contribution in [-0.2, 0) is 0 Å². The van der Waals surface area contributed by atoms with Gasteiger partial charge in [-0.3, -0.25) is 0 Å². The Balaban J connectivity index is 0.000000774. The molecule has 4 nitrogen and oxygen atoms in total.